The van der Waals surface area contributed by atoms with E-state index in [1.165, 1.54) is 6.26 Å². The van der Waals surface area contributed by atoms with Crippen molar-refractivity contribution in [3.8, 4) is 6.07 Å². The monoisotopic (exact) mass is 259 g/mol. The van der Waals surface area contributed by atoms with Gasteiger partial charge in [0, 0.05) is 19.6 Å². The highest BCUT2D eigenvalue weighted by Crippen LogP contribution is 2.19. The molecule has 0 bridgehead atoms. The molecule has 1 saturated heterocycles. The highest BCUT2D eigenvalue weighted by atomic mass is 32.2. The second kappa shape index (κ2) is 5.80. The molecule has 0 amide bonds. The first kappa shape index (κ1) is 14.4. The summed E-state index contributed by atoms with van der Waals surface area (Å²) in [7, 11) is -1.16. The molecule has 1 aliphatic heterocycles. The Labute approximate surface area is 104 Å². The van der Waals surface area contributed by atoms with E-state index in [-0.39, 0.29) is 6.04 Å². The van der Waals surface area contributed by atoms with Crippen LogP contribution in [0.3, 0.4) is 0 Å². The van der Waals surface area contributed by atoms with Crippen LogP contribution < -0.4 is 0 Å². The Kier molecular flexibility index (Phi) is 4.92. The predicted molar refractivity (Wildman–Crippen MR) is 66.8 cm³/mol. The van der Waals surface area contributed by atoms with Gasteiger partial charge in [-0.3, -0.25) is 4.90 Å². The number of hydrogen-bond acceptors (Lipinski definition) is 4. The molecule has 0 radical (unpaired) electrons. The third kappa shape index (κ3) is 4.26. The Bertz CT molecular complexity index is 388. The van der Waals surface area contributed by atoms with E-state index in [0.717, 1.165) is 19.4 Å². The Morgan fingerprint density at radius 2 is 2.24 bits per heavy atom. The lowest BCUT2D eigenvalue weighted by Crippen LogP contribution is -2.43. The summed E-state index contributed by atoms with van der Waals surface area (Å²) in [6.45, 7) is 3.85. The Morgan fingerprint density at radius 1 is 1.59 bits per heavy atom. The van der Waals surface area contributed by atoms with Crippen molar-refractivity contribution >= 4 is 10.0 Å². The molecule has 5 nitrogen and oxygen atoms in total. The van der Waals surface area contributed by atoms with Gasteiger partial charge in [0.2, 0.25) is 10.0 Å². The van der Waals surface area contributed by atoms with Crippen LogP contribution in [-0.4, -0.2) is 56.6 Å². The summed E-state index contributed by atoms with van der Waals surface area (Å²) in [6, 6.07) is 2.07. The van der Waals surface area contributed by atoms with Crippen molar-refractivity contribution in [3.05, 3.63) is 0 Å². The second-order valence-corrected chi connectivity index (χ2v) is 6.86. The largest absolute Gasteiger partial charge is 0.291 e. The maximum absolute atomic E-state index is 11.5. The van der Waals surface area contributed by atoms with Gasteiger partial charge in [-0.25, -0.2) is 12.7 Å². The number of hydrogen-bond donors (Lipinski definition) is 0. The number of rotatable bonds is 4. The molecule has 0 aromatic heterocycles. The van der Waals surface area contributed by atoms with E-state index in [4.69, 9.17) is 5.26 Å². The van der Waals surface area contributed by atoms with E-state index in [9.17, 15) is 8.42 Å². The van der Waals surface area contributed by atoms with E-state index in [1.54, 1.807) is 4.31 Å². The predicted octanol–water partition coefficient (Wildman–Crippen LogP) is 0.502. The lowest BCUT2D eigenvalue weighted by Gasteiger charge is -2.33. The summed E-state index contributed by atoms with van der Waals surface area (Å²) in [5.74, 6) is 0.333. The summed E-state index contributed by atoms with van der Waals surface area (Å²) in [5, 5.41) is 8.82. The van der Waals surface area contributed by atoms with Crippen molar-refractivity contribution in [1.82, 2.24) is 9.21 Å². The van der Waals surface area contributed by atoms with Gasteiger partial charge in [-0.05, 0) is 32.7 Å². The van der Waals surface area contributed by atoms with Crippen LogP contribution >= 0.6 is 0 Å². The molecular formula is C11H21N3O2S. The number of piperidine rings is 1. The van der Waals surface area contributed by atoms with Gasteiger partial charge in [-0.2, -0.15) is 5.26 Å². The highest BCUT2D eigenvalue weighted by Gasteiger charge is 2.27. The molecule has 2 unspecified atom stereocenters. The summed E-state index contributed by atoms with van der Waals surface area (Å²) < 4.78 is 24.5. The molecule has 6 heteroatoms. The molecule has 1 rings (SSSR count). The minimum absolute atomic E-state index is 0.122. The molecule has 17 heavy (non-hydrogen) atoms. The average molecular weight is 259 g/mol. The fourth-order valence-corrected chi connectivity index (χ4v) is 3.08. The molecule has 0 aromatic rings. The molecule has 1 aliphatic rings. The lowest BCUT2D eigenvalue weighted by molar-refractivity contribution is 0.189. The van der Waals surface area contributed by atoms with Crippen molar-refractivity contribution in [2.24, 2.45) is 5.92 Å². The first-order valence-electron chi connectivity index (χ1n) is 5.89. The fourth-order valence-electron chi connectivity index (χ4n) is 2.14. The SMILES string of the molecule is CC(C#N)N(C)CC1CCCN(S(C)(=O)=O)C1. The minimum Gasteiger partial charge on any atom is -0.291 e. The van der Waals surface area contributed by atoms with E-state index in [2.05, 4.69) is 6.07 Å². The first-order chi connectivity index (χ1) is 7.84. The maximum Gasteiger partial charge on any atom is 0.211 e. The van der Waals surface area contributed by atoms with Crippen molar-refractivity contribution in [1.29, 1.82) is 5.26 Å². The second-order valence-electron chi connectivity index (χ2n) is 4.87. The highest BCUT2D eigenvalue weighted by molar-refractivity contribution is 7.88. The molecule has 0 N–H and O–H groups in total. The van der Waals surface area contributed by atoms with Crippen LogP contribution in [0.2, 0.25) is 0 Å². The van der Waals surface area contributed by atoms with Crippen LogP contribution in [-0.2, 0) is 10.0 Å². The van der Waals surface area contributed by atoms with E-state index < -0.39 is 10.0 Å². The third-order valence-corrected chi connectivity index (χ3v) is 4.61. The summed E-state index contributed by atoms with van der Waals surface area (Å²) in [5.41, 5.74) is 0. The molecular weight excluding hydrogens is 238 g/mol. The van der Waals surface area contributed by atoms with Gasteiger partial charge in [0.05, 0.1) is 18.4 Å². The van der Waals surface area contributed by atoms with Crippen molar-refractivity contribution in [3.63, 3.8) is 0 Å². The Hall–Kier alpha value is -0.640. The third-order valence-electron chi connectivity index (χ3n) is 3.34. The average Bonchev–Trinajstić information content (AvgIpc) is 2.27. The zero-order valence-corrected chi connectivity index (χ0v) is 11.6. The molecule has 1 fully saturated rings. The van der Waals surface area contributed by atoms with Gasteiger partial charge in [0.25, 0.3) is 0 Å². The Balaban J connectivity index is 2.54. The number of nitriles is 1. The molecule has 0 saturated carbocycles. The Morgan fingerprint density at radius 3 is 2.76 bits per heavy atom. The van der Waals surface area contributed by atoms with E-state index in [1.807, 2.05) is 18.9 Å². The number of sulfonamides is 1. The summed E-state index contributed by atoms with van der Waals surface area (Å²) in [4.78, 5) is 1.98. The molecule has 0 aromatic carbocycles. The van der Waals surface area contributed by atoms with E-state index in [0.29, 0.717) is 19.0 Å². The zero-order valence-electron chi connectivity index (χ0n) is 10.8. The molecule has 1 heterocycles. The zero-order chi connectivity index (χ0) is 13.1. The molecule has 0 aliphatic carbocycles. The van der Waals surface area contributed by atoms with Crippen LogP contribution in [0.25, 0.3) is 0 Å². The quantitative estimate of drug-likeness (QED) is 0.737. The molecule has 2 atom stereocenters. The summed E-state index contributed by atoms with van der Waals surface area (Å²) in [6.07, 6.45) is 3.21. The standard InChI is InChI=1S/C11H21N3O2S/c1-10(7-12)13(2)8-11-5-4-6-14(9-11)17(3,15)16/h10-11H,4-6,8-9H2,1-3H3. The van der Waals surface area contributed by atoms with Gasteiger partial charge < -0.3 is 0 Å². The smallest absolute Gasteiger partial charge is 0.211 e. The molecule has 98 valence electrons. The van der Waals surface area contributed by atoms with Gasteiger partial charge in [-0.15, -0.1) is 0 Å². The van der Waals surface area contributed by atoms with Crippen molar-refractivity contribution in [2.75, 3.05) is 32.9 Å². The number of nitrogens with zero attached hydrogens (tertiary/aromatic N) is 3. The van der Waals surface area contributed by atoms with E-state index >= 15 is 0 Å². The lowest BCUT2D eigenvalue weighted by atomic mass is 9.99. The normalized spacial score (nSPS) is 24.5. The topological polar surface area (TPSA) is 64.4 Å². The molecule has 0 spiro atoms. The maximum atomic E-state index is 11.5. The first-order valence-corrected chi connectivity index (χ1v) is 7.74. The van der Waals surface area contributed by atoms with Crippen LogP contribution in [0.4, 0.5) is 0 Å². The van der Waals surface area contributed by atoms with Gasteiger partial charge in [0.1, 0.15) is 0 Å². The van der Waals surface area contributed by atoms with Crippen LogP contribution in [0.15, 0.2) is 0 Å². The van der Waals surface area contributed by atoms with Gasteiger partial charge >= 0.3 is 0 Å². The van der Waals surface area contributed by atoms with Gasteiger partial charge in [-0.1, -0.05) is 0 Å². The van der Waals surface area contributed by atoms with Crippen LogP contribution in [0.5, 0.6) is 0 Å². The minimum atomic E-state index is -3.07. The van der Waals surface area contributed by atoms with Crippen molar-refractivity contribution < 1.29 is 8.42 Å². The van der Waals surface area contributed by atoms with Crippen LogP contribution in [0, 0.1) is 17.2 Å². The van der Waals surface area contributed by atoms with Crippen LogP contribution in [0.1, 0.15) is 19.8 Å². The summed E-state index contributed by atoms with van der Waals surface area (Å²) >= 11 is 0. The van der Waals surface area contributed by atoms with Crippen molar-refractivity contribution in [2.45, 2.75) is 25.8 Å². The fraction of sp³-hybridized carbons (Fsp3) is 0.909. The van der Waals surface area contributed by atoms with Gasteiger partial charge in [0.15, 0.2) is 0 Å².